The zero-order valence-corrected chi connectivity index (χ0v) is 24.6. The summed E-state index contributed by atoms with van der Waals surface area (Å²) >= 11 is 0. The number of hydrogen-bond acceptors (Lipinski definition) is 4. The van der Waals surface area contributed by atoms with Crippen LogP contribution < -0.4 is 9.62 Å². The summed E-state index contributed by atoms with van der Waals surface area (Å²) in [5.41, 5.74) is -0.658. The van der Waals surface area contributed by atoms with E-state index in [-0.39, 0.29) is 23.0 Å². The molecule has 43 heavy (non-hydrogen) atoms. The number of alkyl halides is 3. The number of nitrogens with zero attached hydrogens (tertiary/aromatic N) is 2. The Labute approximate surface area is 248 Å². The van der Waals surface area contributed by atoms with Crippen LogP contribution in [0.4, 0.5) is 23.2 Å². The summed E-state index contributed by atoms with van der Waals surface area (Å²) in [5.74, 6) is -2.03. The lowest BCUT2D eigenvalue weighted by Crippen LogP contribution is -2.52. The molecule has 3 aromatic rings. The number of aryl methyl sites for hydroxylation is 1. The van der Waals surface area contributed by atoms with Crippen molar-refractivity contribution in [3.05, 3.63) is 95.3 Å². The Balaban J connectivity index is 1.74. The number of sulfonamides is 1. The first-order valence-electron chi connectivity index (χ1n) is 13.9. The van der Waals surface area contributed by atoms with Crippen LogP contribution in [0.1, 0.15) is 49.3 Å². The highest BCUT2D eigenvalue weighted by Crippen LogP contribution is 2.33. The third-order valence-corrected chi connectivity index (χ3v) is 9.30. The molecule has 0 bridgehead atoms. The Bertz CT molecular complexity index is 1560. The molecule has 1 unspecified atom stereocenters. The van der Waals surface area contributed by atoms with E-state index in [9.17, 15) is 35.6 Å². The number of hydrogen-bond donors (Lipinski definition) is 1. The van der Waals surface area contributed by atoms with E-state index in [0.717, 1.165) is 54.3 Å². The minimum absolute atomic E-state index is 0.0797. The topological polar surface area (TPSA) is 86.8 Å². The summed E-state index contributed by atoms with van der Waals surface area (Å²) < 4.78 is 83.8. The summed E-state index contributed by atoms with van der Waals surface area (Å²) in [5, 5.41) is 2.90. The highest BCUT2D eigenvalue weighted by atomic mass is 32.2. The molecule has 12 heteroatoms. The predicted molar refractivity (Wildman–Crippen MR) is 154 cm³/mol. The summed E-state index contributed by atoms with van der Waals surface area (Å²) in [7, 11) is -4.56. The largest absolute Gasteiger partial charge is 0.416 e. The number of anilines is 1. The fraction of sp³-hybridized carbons (Fsp3) is 0.355. The predicted octanol–water partition coefficient (Wildman–Crippen LogP) is 5.82. The molecule has 0 saturated heterocycles. The van der Waals surface area contributed by atoms with E-state index in [2.05, 4.69) is 5.32 Å². The van der Waals surface area contributed by atoms with Crippen molar-refractivity contribution in [1.29, 1.82) is 0 Å². The van der Waals surface area contributed by atoms with Crippen LogP contribution in [0.2, 0.25) is 0 Å². The van der Waals surface area contributed by atoms with Gasteiger partial charge in [0.1, 0.15) is 18.4 Å². The van der Waals surface area contributed by atoms with Gasteiger partial charge in [0.15, 0.2) is 0 Å². The molecule has 1 aliphatic carbocycles. The smallest absolute Gasteiger partial charge is 0.352 e. The Morgan fingerprint density at radius 1 is 0.977 bits per heavy atom. The number of amides is 2. The fourth-order valence-corrected chi connectivity index (χ4v) is 6.39. The standard InChI is InChI=1S/C31H33F4N3O4S/c1-21-14-16-27(17-15-21)43(41,42)38(26-12-7-9-24(18-26)31(33,34)35)20-29(39)37(19-23-8-3-6-13-28(23)32)22(2)30(40)36-25-10-4-5-11-25/h3,6-9,12-18,22,25H,4-5,10-11,19-20H2,1-2H3,(H,36,40). The molecule has 1 saturated carbocycles. The van der Waals surface area contributed by atoms with Gasteiger partial charge in [-0.2, -0.15) is 13.2 Å². The molecule has 4 rings (SSSR count). The van der Waals surface area contributed by atoms with Crippen LogP contribution in [0, 0.1) is 12.7 Å². The van der Waals surface area contributed by atoms with Crippen molar-refractivity contribution in [3.63, 3.8) is 0 Å². The van der Waals surface area contributed by atoms with E-state index >= 15 is 0 Å². The van der Waals surface area contributed by atoms with Crippen molar-refractivity contribution in [3.8, 4) is 0 Å². The molecule has 0 aromatic heterocycles. The lowest BCUT2D eigenvalue weighted by atomic mass is 10.1. The average molecular weight is 620 g/mol. The van der Waals surface area contributed by atoms with Gasteiger partial charge in [-0.1, -0.05) is 54.8 Å². The SMILES string of the molecule is Cc1ccc(S(=O)(=O)N(CC(=O)N(Cc2ccccc2F)C(C)C(=O)NC2CCCC2)c2cccc(C(F)(F)F)c2)cc1. The van der Waals surface area contributed by atoms with Crippen LogP contribution in [0.5, 0.6) is 0 Å². The Morgan fingerprint density at radius 3 is 2.26 bits per heavy atom. The number of halogens is 4. The second kappa shape index (κ2) is 13.2. The first-order valence-corrected chi connectivity index (χ1v) is 15.3. The van der Waals surface area contributed by atoms with E-state index in [1.54, 1.807) is 13.0 Å². The molecule has 7 nitrogen and oxygen atoms in total. The molecule has 0 spiro atoms. The highest BCUT2D eigenvalue weighted by molar-refractivity contribution is 7.92. The molecule has 1 fully saturated rings. The van der Waals surface area contributed by atoms with E-state index in [1.807, 2.05) is 0 Å². The third kappa shape index (κ3) is 7.73. The molecular formula is C31H33F4N3O4S. The molecule has 1 atom stereocenters. The summed E-state index contributed by atoms with van der Waals surface area (Å²) in [6.07, 6.45) is -1.33. The van der Waals surface area contributed by atoms with Crippen LogP contribution in [0.25, 0.3) is 0 Å². The summed E-state index contributed by atoms with van der Waals surface area (Å²) in [6.45, 7) is 1.88. The maximum Gasteiger partial charge on any atom is 0.416 e. The fourth-order valence-electron chi connectivity index (χ4n) is 4.99. The maximum atomic E-state index is 14.7. The van der Waals surface area contributed by atoms with Crippen molar-refractivity contribution < 1.29 is 35.6 Å². The van der Waals surface area contributed by atoms with E-state index in [0.29, 0.717) is 10.4 Å². The lowest BCUT2D eigenvalue weighted by molar-refractivity contribution is -0.139. The Hall–Kier alpha value is -3.93. The second-order valence-corrected chi connectivity index (χ2v) is 12.5. The first-order chi connectivity index (χ1) is 20.3. The molecule has 0 aliphatic heterocycles. The van der Waals surface area contributed by atoms with Crippen LogP contribution >= 0.6 is 0 Å². The first kappa shape index (κ1) is 32.0. The molecule has 1 aliphatic rings. The number of nitrogens with one attached hydrogen (secondary N) is 1. The Morgan fingerprint density at radius 2 is 1.63 bits per heavy atom. The maximum absolute atomic E-state index is 14.7. The van der Waals surface area contributed by atoms with Crippen molar-refractivity contribution >= 4 is 27.5 Å². The van der Waals surface area contributed by atoms with Gasteiger partial charge in [-0.25, -0.2) is 12.8 Å². The molecule has 3 aromatic carbocycles. The van der Waals surface area contributed by atoms with Gasteiger partial charge in [-0.15, -0.1) is 0 Å². The van der Waals surface area contributed by atoms with Gasteiger partial charge in [0.25, 0.3) is 10.0 Å². The van der Waals surface area contributed by atoms with Gasteiger partial charge < -0.3 is 10.2 Å². The zero-order valence-electron chi connectivity index (χ0n) is 23.8. The van der Waals surface area contributed by atoms with Gasteiger partial charge >= 0.3 is 6.18 Å². The van der Waals surface area contributed by atoms with Crippen molar-refractivity contribution in [2.24, 2.45) is 0 Å². The zero-order chi connectivity index (χ0) is 31.4. The molecule has 2 amide bonds. The number of carbonyl (C=O) groups excluding carboxylic acids is 2. The number of benzene rings is 3. The van der Waals surface area contributed by atoms with Crippen molar-refractivity contribution in [2.45, 2.75) is 69.2 Å². The lowest BCUT2D eigenvalue weighted by Gasteiger charge is -2.32. The van der Waals surface area contributed by atoms with Gasteiger partial charge in [-0.05, 0) is 63.1 Å². The van der Waals surface area contributed by atoms with Crippen LogP contribution in [-0.4, -0.2) is 43.8 Å². The van der Waals surface area contributed by atoms with Crippen LogP contribution in [0.15, 0.2) is 77.7 Å². The monoisotopic (exact) mass is 619 g/mol. The van der Waals surface area contributed by atoms with E-state index in [4.69, 9.17) is 0 Å². The average Bonchev–Trinajstić information content (AvgIpc) is 3.48. The minimum atomic E-state index is -4.77. The van der Waals surface area contributed by atoms with Crippen LogP contribution in [-0.2, 0) is 32.3 Å². The normalized spacial score (nSPS) is 14.7. The quantitative estimate of drug-likeness (QED) is 0.290. The van der Waals surface area contributed by atoms with Gasteiger partial charge in [-0.3, -0.25) is 13.9 Å². The van der Waals surface area contributed by atoms with Crippen molar-refractivity contribution in [2.75, 3.05) is 10.8 Å². The van der Waals surface area contributed by atoms with E-state index < -0.39 is 57.7 Å². The van der Waals surface area contributed by atoms with Gasteiger partial charge in [0.2, 0.25) is 11.8 Å². The minimum Gasteiger partial charge on any atom is -0.352 e. The molecule has 1 N–H and O–H groups in total. The van der Waals surface area contributed by atoms with Crippen molar-refractivity contribution in [1.82, 2.24) is 10.2 Å². The van der Waals surface area contributed by atoms with Gasteiger partial charge in [0.05, 0.1) is 16.1 Å². The molecule has 0 radical (unpaired) electrons. The summed E-state index contributed by atoms with van der Waals surface area (Å²) in [4.78, 5) is 28.0. The molecule has 0 heterocycles. The third-order valence-electron chi connectivity index (χ3n) is 7.52. The molecular weight excluding hydrogens is 586 g/mol. The summed E-state index contributed by atoms with van der Waals surface area (Å²) in [6, 6.07) is 13.7. The Kier molecular flexibility index (Phi) is 9.79. The van der Waals surface area contributed by atoms with Gasteiger partial charge in [0, 0.05) is 18.2 Å². The highest BCUT2D eigenvalue weighted by Gasteiger charge is 2.36. The van der Waals surface area contributed by atoms with E-state index in [1.165, 1.54) is 49.4 Å². The number of rotatable bonds is 10. The second-order valence-electron chi connectivity index (χ2n) is 10.7. The number of carbonyl (C=O) groups is 2. The van der Waals surface area contributed by atoms with Crippen LogP contribution in [0.3, 0.4) is 0 Å². The molecule has 230 valence electrons.